The van der Waals surface area contributed by atoms with Crippen molar-refractivity contribution in [2.75, 3.05) is 6.54 Å². The van der Waals surface area contributed by atoms with Crippen molar-refractivity contribution in [3.8, 4) is 0 Å². The molecular formula is C13H12Cl2N2S. The molecule has 0 saturated heterocycles. The second-order valence-corrected chi connectivity index (χ2v) is 6.31. The molecule has 2 heterocycles. The molecule has 0 radical (unpaired) electrons. The van der Waals surface area contributed by atoms with Gasteiger partial charge in [-0.05, 0) is 17.7 Å². The third-order valence-corrected chi connectivity index (χ3v) is 4.82. The first-order chi connectivity index (χ1) is 8.72. The number of hydrogen-bond donors (Lipinski definition) is 1. The Morgan fingerprint density at radius 1 is 1.28 bits per heavy atom. The predicted octanol–water partition coefficient (Wildman–Crippen LogP) is 3.69. The fourth-order valence-corrected chi connectivity index (χ4v) is 3.52. The van der Waals surface area contributed by atoms with Crippen LogP contribution in [0.4, 0.5) is 0 Å². The van der Waals surface area contributed by atoms with E-state index in [4.69, 9.17) is 28.2 Å². The molecule has 1 aliphatic rings. The molecule has 0 bridgehead atoms. The van der Waals surface area contributed by atoms with Gasteiger partial charge in [0.2, 0.25) is 0 Å². The normalized spacial score (nSPS) is 14.6. The molecule has 1 aromatic carbocycles. The lowest BCUT2D eigenvalue weighted by atomic mass is 10.1. The lowest BCUT2D eigenvalue weighted by Crippen LogP contribution is -2.22. The molecule has 2 nitrogen and oxygen atoms in total. The molecule has 0 aliphatic carbocycles. The van der Waals surface area contributed by atoms with Crippen LogP contribution in [0.3, 0.4) is 0 Å². The molecule has 0 atom stereocenters. The fourth-order valence-electron chi connectivity index (χ4n) is 2.08. The number of rotatable bonds is 2. The summed E-state index contributed by atoms with van der Waals surface area (Å²) in [4.78, 5) is 6.07. The molecule has 2 aromatic rings. The molecule has 1 aliphatic heterocycles. The SMILES string of the molecule is Clc1ccc(Cc2nc3c(s2)CNCC3)cc1Cl. The molecule has 0 amide bonds. The van der Waals surface area contributed by atoms with Crippen LogP contribution in [-0.4, -0.2) is 11.5 Å². The maximum Gasteiger partial charge on any atom is 0.0975 e. The molecular weight excluding hydrogens is 287 g/mol. The van der Waals surface area contributed by atoms with Gasteiger partial charge in [-0.3, -0.25) is 0 Å². The average molecular weight is 299 g/mol. The number of hydrogen-bond acceptors (Lipinski definition) is 3. The number of nitrogens with zero attached hydrogens (tertiary/aromatic N) is 1. The summed E-state index contributed by atoms with van der Waals surface area (Å²) in [6, 6.07) is 5.77. The Kier molecular flexibility index (Phi) is 3.57. The minimum atomic E-state index is 0.600. The fraction of sp³-hybridized carbons (Fsp3) is 0.308. The number of aromatic nitrogens is 1. The summed E-state index contributed by atoms with van der Waals surface area (Å²) in [6.45, 7) is 1.98. The maximum atomic E-state index is 6.02. The Morgan fingerprint density at radius 2 is 2.17 bits per heavy atom. The van der Waals surface area contributed by atoms with Crippen molar-refractivity contribution in [1.29, 1.82) is 0 Å². The average Bonchev–Trinajstić information content (AvgIpc) is 2.76. The highest BCUT2D eigenvalue weighted by Crippen LogP contribution is 2.27. The highest BCUT2D eigenvalue weighted by Gasteiger charge is 2.14. The van der Waals surface area contributed by atoms with Crippen LogP contribution in [-0.2, 0) is 19.4 Å². The van der Waals surface area contributed by atoms with Gasteiger partial charge in [0.15, 0.2) is 0 Å². The van der Waals surface area contributed by atoms with E-state index in [1.165, 1.54) is 10.6 Å². The first-order valence-corrected chi connectivity index (χ1v) is 7.42. The van der Waals surface area contributed by atoms with Crippen LogP contribution in [0.2, 0.25) is 10.0 Å². The summed E-state index contributed by atoms with van der Waals surface area (Å²) >= 11 is 13.7. The molecule has 1 aromatic heterocycles. The van der Waals surface area contributed by atoms with E-state index in [9.17, 15) is 0 Å². The summed E-state index contributed by atoms with van der Waals surface area (Å²) in [5.41, 5.74) is 2.41. The Bertz CT molecular complexity index is 557. The summed E-state index contributed by atoms with van der Waals surface area (Å²) in [5, 5.41) is 5.73. The van der Waals surface area contributed by atoms with E-state index < -0.39 is 0 Å². The summed E-state index contributed by atoms with van der Waals surface area (Å²) < 4.78 is 0. The van der Waals surface area contributed by atoms with Gasteiger partial charge in [0.05, 0.1) is 20.7 Å². The van der Waals surface area contributed by atoms with Gasteiger partial charge in [0.25, 0.3) is 0 Å². The van der Waals surface area contributed by atoms with Crippen LogP contribution in [0, 0.1) is 0 Å². The van der Waals surface area contributed by atoms with Gasteiger partial charge in [-0.2, -0.15) is 0 Å². The molecule has 0 unspecified atom stereocenters. The Labute approximate surface area is 120 Å². The van der Waals surface area contributed by atoms with Crippen LogP contribution in [0.5, 0.6) is 0 Å². The second-order valence-electron chi connectivity index (χ2n) is 4.33. The quantitative estimate of drug-likeness (QED) is 0.915. The maximum absolute atomic E-state index is 6.02. The molecule has 0 fully saturated rings. The first-order valence-electron chi connectivity index (χ1n) is 5.84. The number of nitrogens with one attached hydrogen (secondary N) is 1. The van der Waals surface area contributed by atoms with Gasteiger partial charge in [0, 0.05) is 30.8 Å². The van der Waals surface area contributed by atoms with E-state index in [0.29, 0.717) is 10.0 Å². The van der Waals surface area contributed by atoms with E-state index in [2.05, 4.69) is 5.32 Å². The summed E-state index contributed by atoms with van der Waals surface area (Å²) in [7, 11) is 0. The number of benzene rings is 1. The Morgan fingerprint density at radius 3 is 2.94 bits per heavy atom. The largest absolute Gasteiger partial charge is 0.311 e. The zero-order valence-corrected chi connectivity index (χ0v) is 12.0. The van der Waals surface area contributed by atoms with Crippen molar-refractivity contribution >= 4 is 34.5 Å². The number of halogens is 2. The second kappa shape index (κ2) is 5.17. The predicted molar refractivity (Wildman–Crippen MR) is 76.8 cm³/mol. The lowest BCUT2D eigenvalue weighted by Gasteiger charge is -2.09. The smallest absolute Gasteiger partial charge is 0.0975 e. The molecule has 1 N–H and O–H groups in total. The number of fused-ring (bicyclic) bond motifs is 1. The van der Waals surface area contributed by atoms with E-state index in [-0.39, 0.29) is 0 Å². The van der Waals surface area contributed by atoms with Gasteiger partial charge in [-0.1, -0.05) is 29.3 Å². The van der Waals surface area contributed by atoms with E-state index in [1.807, 2.05) is 18.2 Å². The monoisotopic (exact) mass is 298 g/mol. The number of thiazole rings is 1. The highest BCUT2D eigenvalue weighted by atomic mass is 35.5. The van der Waals surface area contributed by atoms with Crippen molar-refractivity contribution < 1.29 is 0 Å². The van der Waals surface area contributed by atoms with Crippen LogP contribution in [0.15, 0.2) is 18.2 Å². The standard InChI is InChI=1S/C13H12Cl2N2S/c14-9-2-1-8(5-10(9)15)6-13-17-11-3-4-16-7-12(11)18-13/h1-2,5,16H,3-4,6-7H2. The molecule has 0 saturated carbocycles. The third kappa shape index (κ3) is 2.54. The summed E-state index contributed by atoms with van der Waals surface area (Å²) in [6.07, 6.45) is 1.86. The summed E-state index contributed by atoms with van der Waals surface area (Å²) in [5.74, 6) is 0. The minimum Gasteiger partial charge on any atom is -0.311 e. The van der Waals surface area contributed by atoms with Gasteiger partial charge >= 0.3 is 0 Å². The van der Waals surface area contributed by atoms with Gasteiger partial charge in [-0.15, -0.1) is 11.3 Å². The topological polar surface area (TPSA) is 24.9 Å². The van der Waals surface area contributed by atoms with E-state index in [0.717, 1.165) is 36.5 Å². The van der Waals surface area contributed by atoms with Gasteiger partial charge in [-0.25, -0.2) is 4.98 Å². The lowest BCUT2D eigenvalue weighted by molar-refractivity contribution is 0.643. The first kappa shape index (κ1) is 12.4. The van der Waals surface area contributed by atoms with Crippen LogP contribution < -0.4 is 5.32 Å². The zero-order valence-electron chi connectivity index (χ0n) is 9.67. The molecule has 18 heavy (non-hydrogen) atoms. The van der Waals surface area contributed by atoms with Gasteiger partial charge < -0.3 is 5.32 Å². The minimum absolute atomic E-state index is 0.600. The Balaban J connectivity index is 1.83. The third-order valence-electron chi connectivity index (χ3n) is 2.99. The zero-order chi connectivity index (χ0) is 12.5. The van der Waals surface area contributed by atoms with Crippen molar-refractivity contribution in [3.05, 3.63) is 49.4 Å². The molecule has 5 heteroatoms. The van der Waals surface area contributed by atoms with Crippen molar-refractivity contribution in [3.63, 3.8) is 0 Å². The van der Waals surface area contributed by atoms with E-state index >= 15 is 0 Å². The van der Waals surface area contributed by atoms with Crippen LogP contribution in [0.25, 0.3) is 0 Å². The highest BCUT2D eigenvalue weighted by molar-refractivity contribution is 7.11. The van der Waals surface area contributed by atoms with E-state index in [1.54, 1.807) is 11.3 Å². The van der Waals surface area contributed by atoms with Crippen molar-refractivity contribution in [1.82, 2.24) is 10.3 Å². The van der Waals surface area contributed by atoms with Gasteiger partial charge in [0.1, 0.15) is 0 Å². The molecule has 0 spiro atoms. The van der Waals surface area contributed by atoms with Crippen molar-refractivity contribution in [2.45, 2.75) is 19.4 Å². The molecule has 94 valence electrons. The Hall–Kier alpha value is -0.610. The molecule has 3 rings (SSSR count). The van der Waals surface area contributed by atoms with Crippen molar-refractivity contribution in [2.24, 2.45) is 0 Å². The van der Waals surface area contributed by atoms with Crippen LogP contribution in [0.1, 0.15) is 21.1 Å². The van der Waals surface area contributed by atoms with Crippen LogP contribution >= 0.6 is 34.5 Å².